The van der Waals surface area contributed by atoms with Crippen molar-refractivity contribution in [3.05, 3.63) is 89.5 Å². The molecule has 1 heterocycles. The number of carbonyl (C=O) groups excluding carboxylic acids is 1. The third kappa shape index (κ3) is 10.0. The van der Waals surface area contributed by atoms with Crippen LogP contribution in [0.1, 0.15) is 36.0 Å². The first-order chi connectivity index (χ1) is 20.6. The Morgan fingerprint density at radius 2 is 1.55 bits per heavy atom. The molecule has 1 amide bonds. The van der Waals surface area contributed by atoms with Crippen molar-refractivity contribution in [1.29, 1.82) is 0 Å². The number of benzene rings is 3. The van der Waals surface area contributed by atoms with E-state index < -0.39 is 0 Å². The van der Waals surface area contributed by atoms with Crippen LogP contribution in [0.4, 0.5) is 0 Å². The van der Waals surface area contributed by atoms with Crippen molar-refractivity contribution in [3.8, 4) is 17.2 Å². The zero-order chi connectivity index (χ0) is 29.4. The normalized spacial score (nSPS) is 16.5. The number of nitrogens with one attached hydrogen (secondary N) is 2. The van der Waals surface area contributed by atoms with Gasteiger partial charge < -0.3 is 34.3 Å². The number of rotatable bonds is 17. The van der Waals surface area contributed by atoms with Gasteiger partial charge in [-0.3, -0.25) is 4.79 Å². The first-order valence-electron chi connectivity index (χ1n) is 14.8. The number of ether oxygens (including phenoxy) is 5. The van der Waals surface area contributed by atoms with E-state index in [-0.39, 0.29) is 12.0 Å². The number of hydrogen-bond acceptors (Lipinski definition) is 7. The molecule has 1 aliphatic heterocycles. The van der Waals surface area contributed by atoms with Gasteiger partial charge in [-0.15, -0.1) is 0 Å². The zero-order valence-corrected chi connectivity index (χ0v) is 24.8. The topological polar surface area (TPSA) is 87.3 Å². The highest BCUT2D eigenvalue weighted by atomic mass is 16.5. The second-order valence-corrected chi connectivity index (χ2v) is 10.3. The molecule has 4 rings (SSSR count). The molecule has 0 spiro atoms. The lowest BCUT2D eigenvalue weighted by Crippen LogP contribution is -2.41. The molecule has 8 nitrogen and oxygen atoms in total. The lowest BCUT2D eigenvalue weighted by atomic mass is 9.88. The molecule has 3 aromatic rings. The monoisotopic (exact) mass is 576 g/mol. The van der Waals surface area contributed by atoms with Gasteiger partial charge in [0.25, 0.3) is 0 Å². The Morgan fingerprint density at radius 3 is 2.31 bits per heavy atom. The summed E-state index contributed by atoms with van der Waals surface area (Å²) in [6.07, 6.45) is 2.61. The van der Waals surface area contributed by atoms with E-state index in [0.717, 1.165) is 60.7 Å². The fourth-order valence-electron chi connectivity index (χ4n) is 5.19. The second kappa shape index (κ2) is 17.4. The van der Waals surface area contributed by atoms with Gasteiger partial charge in [0.1, 0.15) is 30.5 Å². The molecule has 8 heteroatoms. The number of para-hydroxylation sites is 2. The van der Waals surface area contributed by atoms with E-state index in [2.05, 4.69) is 28.8 Å². The maximum absolute atomic E-state index is 11.2. The van der Waals surface area contributed by atoms with Crippen LogP contribution in [0.3, 0.4) is 0 Å². The standard InChI is InChI=1S/C34H44N2O6/c1-26(37)36-19-15-28-7-4-6-10-33(28)41-23-24-42-34-25-35-18-16-31(34)27-11-13-30(14-12-27)40-22-21-39-20-17-29-8-3-5-9-32(29)38-2/h3-14,31,34-35H,15-25H2,1-2H3,(H,36,37)/t31-,34+/m1/s1. The van der Waals surface area contributed by atoms with Crippen LogP contribution in [0, 0.1) is 0 Å². The summed E-state index contributed by atoms with van der Waals surface area (Å²) in [5.41, 5.74) is 3.47. The molecule has 2 N–H and O–H groups in total. The molecule has 1 fully saturated rings. The van der Waals surface area contributed by atoms with E-state index in [1.807, 2.05) is 54.6 Å². The van der Waals surface area contributed by atoms with E-state index in [4.69, 9.17) is 23.7 Å². The summed E-state index contributed by atoms with van der Waals surface area (Å²) in [7, 11) is 1.69. The summed E-state index contributed by atoms with van der Waals surface area (Å²) < 4.78 is 29.4. The maximum atomic E-state index is 11.2. The molecular formula is C34H44N2O6. The van der Waals surface area contributed by atoms with Crippen LogP contribution in [0.15, 0.2) is 72.8 Å². The third-order valence-corrected chi connectivity index (χ3v) is 7.35. The number of piperidine rings is 1. The minimum absolute atomic E-state index is 0.0266. The third-order valence-electron chi connectivity index (χ3n) is 7.35. The Kier molecular flexibility index (Phi) is 13.0. The molecule has 1 aliphatic rings. The average molecular weight is 577 g/mol. The fraction of sp³-hybridized carbons (Fsp3) is 0.441. The highest BCUT2D eigenvalue weighted by Crippen LogP contribution is 2.29. The van der Waals surface area contributed by atoms with Crippen LogP contribution >= 0.6 is 0 Å². The van der Waals surface area contributed by atoms with E-state index in [9.17, 15) is 4.79 Å². The van der Waals surface area contributed by atoms with Gasteiger partial charge in [0.2, 0.25) is 5.91 Å². The predicted octanol–water partition coefficient (Wildman–Crippen LogP) is 4.55. The predicted molar refractivity (Wildman–Crippen MR) is 164 cm³/mol. The molecule has 3 aromatic carbocycles. The van der Waals surface area contributed by atoms with Crippen LogP contribution < -0.4 is 24.8 Å². The molecule has 0 unspecified atom stereocenters. The van der Waals surface area contributed by atoms with E-state index >= 15 is 0 Å². The van der Waals surface area contributed by atoms with Crippen molar-refractivity contribution in [2.45, 2.75) is 38.2 Å². The number of amides is 1. The molecule has 0 aliphatic carbocycles. The fourth-order valence-corrected chi connectivity index (χ4v) is 5.19. The van der Waals surface area contributed by atoms with Crippen LogP contribution in [0.5, 0.6) is 17.2 Å². The van der Waals surface area contributed by atoms with Gasteiger partial charge in [-0.2, -0.15) is 0 Å². The molecule has 0 saturated carbocycles. The van der Waals surface area contributed by atoms with Gasteiger partial charge in [0.05, 0.1) is 33.0 Å². The molecule has 0 radical (unpaired) electrons. The van der Waals surface area contributed by atoms with Crippen LogP contribution in [0.25, 0.3) is 0 Å². The van der Waals surface area contributed by atoms with Crippen LogP contribution in [0.2, 0.25) is 0 Å². The van der Waals surface area contributed by atoms with Crippen molar-refractivity contribution >= 4 is 5.91 Å². The first kappa shape index (κ1) is 31.3. The van der Waals surface area contributed by atoms with Gasteiger partial charge in [0.15, 0.2) is 0 Å². The van der Waals surface area contributed by atoms with Crippen molar-refractivity contribution in [3.63, 3.8) is 0 Å². The van der Waals surface area contributed by atoms with Crippen molar-refractivity contribution in [2.24, 2.45) is 0 Å². The Bertz CT molecular complexity index is 1220. The molecule has 0 aromatic heterocycles. The molecule has 2 atom stereocenters. The Balaban J connectivity index is 1.17. The quantitative estimate of drug-likeness (QED) is 0.228. The van der Waals surface area contributed by atoms with Crippen molar-refractivity contribution in [1.82, 2.24) is 10.6 Å². The minimum Gasteiger partial charge on any atom is -0.496 e. The summed E-state index contributed by atoms with van der Waals surface area (Å²) >= 11 is 0. The zero-order valence-electron chi connectivity index (χ0n) is 24.8. The number of methoxy groups -OCH3 is 1. The summed E-state index contributed by atoms with van der Waals surface area (Å²) in [5, 5.41) is 6.30. The van der Waals surface area contributed by atoms with E-state index in [1.54, 1.807) is 7.11 Å². The van der Waals surface area contributed by atoms with Gasteiger partial charge >= 0.3 is 0 Å². The number of carbonyl (C=O) groups is 1. The molecule has 42 heavy (non-hydrogen) atoms. The van der Waals surface area contributed by atoms with Gasteiger partial charge in [0, 0.05) is 25.9 Å². The SMILES string of the molecule is COc1ccccc1CCOCCOc1ccc([C@H]2CCNC[C@@H]2OCCOc2ccccc2CCNC(C)=O)cc1. The highest BCUT2D eigenvalue weighted by molar-refractivity contribution is 5.72. The minimum atomic E-state index is -0.0266. The Morgan fingerprint density at radius 1 is 0.833 bits per heavy atom. The van der Waals surface area contributed by atoms with E-state index in [0.29, 0.717) is 45.5 Å². The van der Waals surface area contributed by atoms with E-state index in [1.165, 1.54) is 12.5 Å². The Labute approximate surface area is 249 Å². The summed E-state index contributed by atoms with van der Waals surface area (Å²) in [4.78, 5) is 11.2. The van der Waals surface area contributed by atoms with Crippen molar-refractivity contribution in [2.75, 3.05) is 59.8 Å². The summed E-state index contributed by atoms with van der Waals surface area (Å²) in [5.74, 6) is 2.85. The summed E-state index contributed by atoms with van der Waals surface area (Å²) in [6.45, 7) is 6.51. The van der Waals surface area contributed by atoms with Gasteiger partial charge in [-0.1, -0.05) is 48.5 Å². The van der Waals surface area contributed by atoms with Gasteiger partial charge in [-0.25, -0.2) is 0 Å². The molecular weight excluding hydrogens is 532 g/mol. The lowest BCUT2D eigenvalue weighted by molar-refractivity contribution is -0.118. The largest absolute Gasteiger partial charge is 0.496 e. The number of hydrogen-bond donors (Lipinski definition) is 2. The van der Waals surface area contributed by atoms with Crippen molar-refractivity contribution < 1.29 is 28.5 Å². The second-order valence-electron chi connectivity index (χ2n) is 10.3. The Hall–Kier alpha value is -3.59. The molecule has 1 saturated heterocycles. The summed E-state index contributed by atoms with van der Waals surface area (Å²) in [6, 6.07) is 24.3. The molecule has 226 valence electrons. The smallest absolute Gasteiger partial charge is 0.216 e. The van der Waals surface area contributed by atoms with Crippen LogP contribution in [-0.4, -0.2) is 71.8 Å². The first-order valence-corrected chi connectivity index (χ1v) is 14.8. The lowest BCUT2D eigenvalue weighted by Gasteiger charge is -2.32. The van der Waals surface area contributed by atoms with Crippen LogP contribution in [-0.2, 0) is 27.1 Å². The highest BCUT2D eigenvalue weighted by Gasteiger charge is 2.27. The average Bonchev–Trinajstić information content (AvgIpc) is 3.02. The molecule has 0 bridgehead atoms. The van der Waals surface area contributed by atoms with Gasteiger partial charge in [-0.05, 0) is 66.8 Å². The maximum Gasteiger partial charge on any atom is 0.216 e.